The number of fused-ring (bicyclic) bond motifs is 2. The first-order chi connectivity index (χ1) is 17.9. The molecule has 38 heavy (non-hydrogen) atoms. The van der Waals surface area contributed by atoms with Gasteiger partial charge in [-0.3, -0.25) is 4.79 Å². The Hall–Kier alpha value is -4.24. The summed E-state index contributed by atoms with van der Waals surface area (Å²) >= 11 is 0. The molecule has 4 aromatic rings. The Kier molecular flexibility index (Phi) is 6.19. The molecule has 1 aliphatic rings. The molecule has 0 aliphatic carbocycles. The van der Waals surface area contributed by atoms with Gasteiger partial charge in [-0.2, -0.15) is 23.4 Å². The zero-order chi connectivity index (χ0) is 27.2. The Morgan fingerprint density at radius 3 is 2.63 bits per heavy atom. The van der Waals surface area contributed by atoms with Gasteiger partial charge in [0.25, 0.3) is 5.56 Å². The molecule has 4 heterocycles. The van der Waals surface area contributed by atoms with E-state index in [1.165, 1.54) is 23.4 Å². The number of pyridine rings is 1. The van der Waals surface area contributed by atoms with Crippen LogP contribution in [-0.4, -0.2) is 37.0 Å². The first-order valence-corrected chi connectivity index (χ1v) is 12.0. The summed E-state index contributed by atoms with van der Waals surface area (Å²) in [5.41, 5.74) is 2.33. The summed E-state index contributed by atoms with van der Waals surface area (Å²) < 4.78 is 42.4. The van der Waals surface area contributed by atoms with E-state index in [0.717, 1.165) is 29.9 Å². The standard InChI is InChI=1S/C26H25F3N8O/c1-25(2,3)21-10-19(9-18(11-30)33-21)37-22-20(23(38)36(37)14-26(27,28)29)13-32-24(35-22)34-17-5-4-16-12-31-7-6-15(16)8-17/h4-5,8-10,13,31H,6-7,12,14H2,1-3H3,(H,32,34,35). The summed E-state index contributed by atoms with van der Waals surface area (Å²) in [5.74, 6) is 0.120. The number of nitriles is 1. The zero-order valence-electron chi connectivity index (χ0n) is 21.0. The number of nitrogens with one attached hydrogen (secondary N) is 2. The van der Waals surface area contributed by atoms with Crippen LogP contribution in [0.2, 0.25) is 0 Å². The van der Waals surface area contributed by atoms with Gasteiger partial charge in [-0.25, -0.2) is 19.3 Å². The van der Waals surface area contributed by atoms with Crippen LogP contribution in [0, 0.1) is 11.3 Å². The monoisotopic (exact) mass is 522 g/mol. The number of alkyl halides is 3. The molecule has 0 fully saturated rings. The molecule has 0 radical (unpaired) electrons. The summed E-state index contributed by atoms with van der Waals surface area (Å²) in [6.07, 6.45) is -2.60. The molecule has 0 bridgehead atoms. The first-order valence-electron chi connectivity index (χ1n) is 12.0. The summed E-state index contributed by atoms with van der Waals surface area (Å²) in [5, 5.41) is 15.9. The van der Waals surface area contributed by atoms with E-state index in [1.807, 2.05) is 45.0 Å². The fraction of sp³-hybridized carbons (Fsp3) is 0.346. The lowest BCUT2D eigenvalue weighted by atomic mass is 9.91. The van der Waals surface area contributed by atoms with Crippen LogP contribution in [0.5, 0.6) is 0 Å². The Balaban J connectivity index is 1.68. The molecular weight excluding hydrogens is 497 g/mol. The van der Waals surface area contributed by atoms with Crippen LogP contribution in [-0.2, 0) is 24.9 Å². The van der Waals surface area contributed by atoms with Crippen molar-refractivity contribution in [1.82, 2.24) is 29.6 Å². The lowest BCUT2D eigenvalue weighted by Crippen LogP contribution is -2.30. The molecule has 0 atom stereocenters. The third kappa shape index (κ3) is 4.97. The molecule has 12 heteroatoms. The number of benzene rings is 1. The van der Waals surface area contributed by atoms with Crippen LogP contribution >= 0.6 is 0 Å². The van der Waals surface area contributed by atoms with Gasteiger partial charge in [-0.05, 0) is 42.3 Å². The molecule has 196 valence electrons. The van der Waals surface area contributed by atoms with E-state index in [1.54, 1.807) is 6.07 Å². The van der Waals surface area contributed by atoms with Crippen molar-refractivity contribution in [2.24, 2.45) is 0 Å². The van der Waals surface area contributed by atoms with Gasteiger partial charge in [0.05, 0.1) is 5.69 Å². The maximum Gasteiger partial charge on any atom is 0.408 e. The number of aromatic nitrogens is 5. The molecule has 1 aliphatic heterocycles. The largest absolute Gasteiger partial charge is 0.408 e. The smallest absolute Gasteiger partial charge is 0.324 e. The molecule has 3 aromatic heterocycles. The van der Waals surface area contributed by atoms with E-state index in [4.69, 9.17) is 0 Å². The van der Waals surface area contributed by atoms with Crippen molar-refractivity contribution in [3.63, 3.8) is 0 Å². The summed E-state index contributed by atoms with van der Waals surface area (Å²) in [6, 6.07) is 10.7. The molecule has 0 saturated heterocycles. The molecule has 0 amide bonds. The van der Waals surface area contributed by atoms with Gasteiger partial charge in [-0.1, -0.05) is 26.8 Å². The lowest BCUT2D eigenvalue weighted by molar-refractivity contribution is -0.144. The van der Waals surface area contributed by atoms with E-state index in [0.29, 0.717) is 10.4 Å². The van der Waals surface area contributed by atoms with Crippen molar-refractivity contribution in [3.8, 4) is 11.8 Å². The number of halogens is 3. The second kappa shape index (κ2) is 9.25. The highest BCUT2D eigenvalue weighted by molar-refractivity contribution is 5.77. The second-order valence-corrected chi connectivity index (χ2v) is 10.2. The van der Waals surface area contributed by atoms with Crippen molar-refractivity contribution in [3.05, 3.63) is 69.4 Å². The van der Waals surface area contributed by atoms with Crippen LogP contribution < -0.4 is 16.2 Å². The highest BCUT2D eigenvalue weighted by Crippen LogP contribution is 2.27. The summed E-state index contributed by atoms with van der Waals surface area (Å²) in [7, 11) is 0. The minimum Gasteiger partial charge on any atom is -0.324 e. The molecule has 2 N–H and O–H groups in total. The van der Waals surface area contributed by atoms with Gasteiger partial charge >= 0.3 is 6.18 Å². The highest BCUT2D eigenvalue weighted by atomic mass is 19.4. The molecular formula is C26H25F3N8O. The lowest BCUT2D eigenvalue weighted by Gasteiger charge is -2.20. The van der Waals surface area contributed by atoms with Gasteiger partial charge in [-0.15, -0.1) is 0 Å². The average molecular weight is 523 g/mol. The van der Waals surface area contributed by atoms with Crippen molar-refractivity contribution in [1.29, 1.82) is 5.26 Å². The third-order valence-corrected chi connectivity index (χ3v) is 6.29. The van der Waals surface area contributed by atoms with Crippen molar-refractivity contribution < 1.29 is 13.2 Å². The van der Waals surface area contributed by atoms with E-state index in [9.17, 15) is 23.2 Å². The van der Waals surface area contributed by atoms with Crippen LogP contribution in [0.4, 0.5) is 24.8 Å². The Morgan fingerprint density at radius 1 is 1.13 bits per heavy atom. The van der Waals surface area contributed by atoms with Crippen molar-refractivity contribution in [2.45, 2.75) is 51.9 Å². The van der Waals surface area contributed by atoms with Gasteiger partial charge in [0.1, 0.15) is 23.7 Å². The highest BCUT2D eigenvalue weighted by Gasteiger charge is 2.32. The van der Waals surface area contributed by atoms with Gasteiger partial charge in [0.2, 0.25) is 5.95 Å². The van der Waals surface area contributed by atoms with E-state index in [2.05, 4.69) is 25.6 Å². The molecule has 0 spiro atoms. The number of anilines is 2. The number of hydrogen-bond donors (Lipinski definition) is 2. The van der Waals surface area contributed by atoms with Crippen LogP contribution in [0.3, 0.4) is 0 Å². The SMILES string of the molecule is CC(C)(C)c1cc(-n2c3nc(Nc4ccc5c(c4)CCNC5)ncc3c(=O)n2CC(F)(F)F)cc(C#N)n1. The number of rotatable bonds is 4. The minimum atomic E-state index is -4.68. The summed E-state index contributed by atoms with van der Waals surface area (Å²) in [4.78, 5) is 26.1. The van der Waals surface area contributed by atoms with E-state index >= 15 is 0 Å². The zero-order valence-corrected chi connectivity index (χ0v) is 21.0. The normalized spacial score (nSPS) is 13.8. The number of nitrogens with zero attached hydrogens (tertiary/aromatic N) is 6. The maximum absolute atomic E-state index is 13.6. The molecule has 5 rings (SSSR count). The first kappa shape index (κ1) is 25.4. The fourth-order valence-electron chi connectivity index (χ4n) is 4.43. The van der Waals surface area contributed by atoms with E-state index in [-0.39, 0.29) is 28.4 Å². The average Bonchev–Trinajstić information content (AvgIpc) is 3.12. The minimum absolute atomic E-state index is 0.0104. The molecule has 0 saturated carbocycles. The summed E-state index contributed by atoms with van der Waals surface area (Å²) in [6.45, 7) is 5.72. The van der Waals surface area contributed by atoms with Crippen LogP contribution in [0.25, 0.3) is 16.7 Å². The van der Waals surface area contributed by atoms with Gasteiger partial charge in [0, 0.05) is 35.6 Å². The topological polar surface area (TPSA) is 113 Å². The number of hydrogen-bond acceptors (Lipinski definition) is 7. The Morgan fingerprint density at radius 2 is 1.92 bits per heavy atom. The fourth-order valence-corrected chi connectivity index (χ4v) is 4.43. The van der Waals surface area contributed by atoms with Crippen molar-refractivity contribution in [2.75, 3.05) is 11.9 Å². The van der Waals surface area contributed by atoms with Gasteiger partial charge < -0.3 is 10.6 Å². The van der Waals surface area contributed by atoms with Crippen molar-refractivity contribution >= 4 is 22.7 Å². The molecule has 0 unspecified atom stereocenters. The van der Waals surface area contributed by atoms with Crippen LogP contribution in [0.1, 0.15) is 43.3 Å². The van der Waals surface area contributed by atoms with E-state index < -0.39 is 23.7 Å². The maximum atomic E-state index is 13.6. The van der Waals surface area contributed by atoms with Gasteiger partial charge in [0.15, 0.2) is 5.65 Å². The predicted octanol–water partition coefficient (Wildman–Crippen LogP) is 4.10. The molecule has 1 aromatic carbocycles. The third-order valence-electron chi connectivity index (χ3n) is 6.29. The quantitative estimate of drug-likeness (QED) is 0.415. The second-order valence-electron chi connectivity index (χ2n) is 10.2. The Bertz CT molecular complexity index is 1640. The molecule has 9 nitrogen and oxygen atoms in total. The van der Waals surface area contributed by atoms with Crippen LogP contribution in [0.15, 0.2) is 41.3 Å². The Labute approximate surface area is 215 Å². The predicted molar refractivity (Wildman–Crippen MR) is 136 cm³/mol.